The zero-order valence-corrected chi connectivity index (χ0v) is 33.8. The van der Waals surface area contributed by atoms with Crippen LogP contribution in [-0.4, -0.2) is 14.5 Å². The molecule has 0 spiro atoms. The molecule has 10 aromatic rings. The number of nitrogens with zero attached hydrogens (tertiary/aromatic N) is 3. The minimum Gasteiger partial charge on any atom is -0.557 e. The number of aryl methyl sites for hydroxylation is 3. The maximum absolute atomic E-state index is 7.28. The van der Waals surface area contributed by atoms with Gasteiger partial charge in [0.25, 0.3) is 0 Å². The van der Waals surface area contributed by atoms with Gasteiger partial charge in [0.15, 0.2) is 0 Å². The van der Waals surface area contributed by atoms with Crippen LogP contribution in [0, 0.1) is 33.0 Å². The van der Waals surface area contributed by atoms with Gasteiger partial charge in [-0.1, -0.05) is 151 Å². The number of hydrogen-bond acceptors (Lipinski definition) is 3. The molecule has 58 heavy (non-hydrogen) atoms. The molecule has 0 amide bonds. The van der Waals surface area contributed by atoms with Crippen molar-refractivity contribution in [2.45, 2.75) is 20.6 Å². The molecule has 0 N–H and O–H groups in total. The van der Waals surface area contributed by atoms with Crippen molar-refractivity contribution in [3.05, 3.63) is 211 Å². The quantitative estimate of drug-likeness (QED) is 0.156. The van der Waals surface area contributed by atoms with E-state index >= 15 is 0 Å². The summed E-state index contributed by atoms with van der Waals surface area (Å²) in [5.41, 5.74) is 14.2. The maximum Gasteiger partial charge on any atom is 0.0774 e. The van der Waals surface area contributed by atoms with Gasteiger partial charge < -0.3 is 14.0 Å². The zero-order chi connectivity index (χ0) is 43.7. The van der Waals surface area contributed by atoms with Gasteiger partial charge in [0.1, 0.15) is 0 Å². The Kier molecular flexibility index (Phi) is 9.12. The Morgan fingerprint density at radius 3 is 1.86 bits per heavy atom. The van der Waals surface area contributed by atoms with Crippen LogP contribution in [0.5, 0.6) is 0 Å². The van der Waals surface area contributed by atoms with Crippen LogP contribution < -0.4 is 0 Å². The van der Waals surface area contributed by atoms with Gasteiger partial charge in [-0.3, -0.25) is 4.98 Å². The molecule has 5 heteroatoms. The van der Waals surface area contributed by atoms with E-state index in [1.807, 2.05) is 18.2 Å². The fourth-order valence-corrected chi connectivity index (χ4v) is 7.20. The van der Waals surface area contributed by atoms with Gasteiger partial charge in [0, 0.05) is 57.5 Å². The topological polar surface area (TPSA) is 43.9 Å². The second-order valence-corrected chi connectivity index (χ2v) is 13.8. The number of pyridine rings is 1. The number of rotatable bonds is 6. The van der Waals surface area contributed by atoms with E-state index in [9.17, 15) is 0 Å². The largest absolute Gasteiger partial charge is 0.557 e. The first-order chi connectivity index (χ1) is 30.4. The molecule has 1 radical (unpaired) electrons. The number of aromatic nitrogens is 3. The molecule has 3 aromatic heterocycles. The molecule has 283 valence electrons. The maximum atomic E-state index is 7.28. The fraction of sp³-hybridized carbons (Fsp3) is 0.0566. The summed E-state index contributed by atoms with van der Waals surface area (Å²) in [6.07, 6.45) is 4.55. The Bertz CT molecular complexity index is 3070. The minimum absolute atomic E-state index is 0. The Morgan fingerprint density at radius 2 is 1.24 bits per heavy atom. The summed E-state index contributed by atoms with van der Waals surface area (Å²) in [6.45, 7) is -2.17. The van der Waals surface area contributed by atoms with Crippen molar-refractivity contribution >= 4 is 22.0 Å². The van der Waals surface area contributed by atoms with E-state index in [0.717, 1.165) is 72.5 Å². The predicted molar refractivity (Wildman–Crippen MR) is 234 cm³/mol. The van der Waals surface area contributed by atoms with Crippen LogP contribution in [0.15, 0.2) is 187 Å². The summed E-state index contributed by atoms with van der Waals surface area (Å²) >= 11 is 0. The third kappa shape index (κ3) is 7.71. The normalized spacial score (nSPS) is 12.8. The van der Waals surface area contributed by atoms with Crippen LogP contribution in [-0.2, 0) is 20.1 Å². The van der Waals surface area contributed by atoms with Crippen LogP contribution in [0.1, 0.15) is 24.9 Å². The first kappa shape index (κ1) is 31.4. The van der Waals surface area contributed by atoms with Gasteiger partial charge in [-0.05, 0) is 77.1 Å². The average Bonchev–Trinajstić information content (AvgIpc) is 3.90. The van der Waals surface area contributed by atoms with Crippen LogP contribution in [0.3, 0.4) is 0 Å². The van der Waals surface area contributed by atoms with E-state index in [4.69, 9.17) is 17.6 Å². The van der Waals surface area contributed by atoms with E-state index < -0.39 is 13.7 Å². The summed E-state index contributed by atoms with van der Waals surface area (Å²) in [5, 5.41) is 0.979. The van der Waals surface area contributed by atoms with Crippen molar-refractivity contribution in [3.8, 4) is 61.7 Å². The summed E-state index contributed by atoms with van der Waals surface area (Å²) < 4.78 is 52.0. The van der Waals surface area contributed by atoms with E-state index in [-0.39, 0.29) is 31.2 Å². The SMILES string of the molecule is Cc1cc(-c2ccccc2)c(-n2c(-c3[c-]oc4ccc(-c5ccccc5)cc34)nc3ccccc32)c(-c2ccccc2)c1.[2H]C([2H])([2H])c1c[c-]c(-c2ccc(C([2H])([2H])[2H])cn2)cc1.[Ir]. The molecule has 0 atom stereocenters. The molecule has 4 nitrogen and oxygen atoms in total. The van der Waals surface area contributed by atoms with E-state index in [1.54, 1.807) is 12.1 Å². The number of imidazole rings is 1. The Morgan fingerprint density at radius 1 is 0.603 bits per heavy atom. The molecule has 10 rings (SSSR count). The third-order valence-electron chi connectivity index (χ3n) is 9.90. The number of furan rings is 1. The summed E-state index contributed by atoms with van der Waals surface area (Å²) in [5.74, 6) is 0.795. The first-order valence-electron chi connectivity index (χ1n) is 21.6. The van der Waals surface area contributed by atoms with Crippen molar-refractivity contribution in [2.75, 3.05) is 0 Å². The number of fused-ring (bicyclic) bond motifs is 2. The second-order valence-electron chi connectivity index (χ2n) is 13.8. The Balaban J connectivity index is 0.000000225. The standard InChI is InChI=1S/C40H27N2O.C13H12N.Ir/c1-27-23-32(29-15-7-3-8-16-29)39(33(24-27)30-17-9-4-10-18-30)42-37-20-12-11-19-36(37)41-40(42)35-26-43-38-22-21-31(25-34(35)38)28-13-5-2-6-14-28;1-10-3-6-12(7-4-10)13-8-5-11(2)9-14-13;/h2-25H,1H3;3-6,8-9H,1-2H3;/q2*-1;/i;1D3,2D3;. The van der Waals surface area contributed by atoms with Gasteiger partial charge in [-0.15, -0.1) is 35.4 Å². The molecule has 0 unspecified atom stereocenters. The van der Waals surface area contributed by atoms with Gasteiger partial charge in [-0.25, -0.2) is 0 Å². The van der Waals surface area contributed by atoms with Crippen molar-refractivity contribution < 1.29 is 32.7 Å². The van der Waals surface area contributed by atoms with Crippen LogP contribution in [0.2, 0.25) is 0 Å². The molecule has 0 bridgehead atoms. The monoisotopic (exact) mass is 932 g/mol. The average molecular weight is 932 g/mol. The van der Waals surface area contributed by atoms with Gasteiger partial charge >= 0.3 is 0 Å². The van der Waals surface area contributed by atoms with Crippen LogP contribution in [0.25, 0.3) is 83.7 Å². The van der Waals surface area contributed by atoms with Gasteiger partial charge in [0.2, 0.25) is 0 Å². The van der Waals surface area contributed by atoms with E-state index in [0.29, 0.717) is 11.3 Å². The number of hydrogen-bond donors (Lipinski definition) is 0. The number of para-hydroxylation sites is 2. The Hall–Kier alpha value is -6.65. The first-order valence-corrected chi connectivity index (χ1v) is 18.6. The molecule has 0 aliphatic carbocycles. The second kappa shape index (κ2) is 16.8. The zero-order valence-electron chi connectivity index (χ0n) is 37.4. The van der Waals surface area contributed by atoms with Gasteiger partial charge in [-0.2, -0.15) is 0 Å². The summed E-state index contributed by atoms with van der Waals surface area (Å²) in [4.78, 5) is 9.32. The van der Waals surface area contributed by atoms with Crippen molar-refractivity contribution in [1.29, 1.82) is 0 Å². The molecule has 0 aliphatic rings. The van der Waals surface area contributed by atoms with Crippen molar-refractivity contribution in [1.82, 2.24) is 14.5 Å². The summed E-state index contributed by atoms with van der Waals surface area (Å²) in [6, 6.07) is 61.3. The third-order valence-corrected chi connectivity index (χ3v) is 9.90. The van der Waals surface area contributed by atoms with E-state index in [1.165, 1.54) is 30.0 Å². The number of benzene rings is 7. The predicted octanol–water partition coefficient (Wildman–Crippen LogP) is 13.7. The molecule has 0 aliphatic heterocycles. The molecule has 0 fully saturated rings. The van der Waals surface area contributed by atoms with E-state index in [2.05, 4.69) is 156 Å². The van der Waals surface area contributed by atoms with Crippen LogP contribution >= 0.6 is 0 Å². The molecule has 7 aromatic carbocycles. The molecular weight excluding hydrogens is 887 g/mol. The molecule has 0 saturated carbocycles. The van der Waals surface area contributed by atoms with Gasteiger partial charge in [0.05, 0.1) is 22.5 Å². The minimum atomic E-state index is -2.18. The van der Waals surface area contributed by atoms with Crippen molar-refractivity contribution in [2.24, 2.45) is 0 Å². The molecular formula is C53H39IrN3O-2. The summed E-state index contributed by atoms with van der Waals surface area (Å²) in [7, 11) is 0. The Labute approximate surface area is 361 Å². The molecule has 0 saturated heterocycles. The molecule has 3 heterocycles. The fourth-order valence-electron chi connectivity index (χ4n) is 7.20. The smallest absolute Gasteiger partial charge is 0.0774 e. The van der Waals surface area contributed by atoms with Crippen molar-refractivity contribution in [3.63, 3.8) is 0 Å². The van der Waals surface area contributed by atoms with Crippen LogP contribution in [0.4, 0.5) is 0 Å².